The number of aromatic nitrogens is 4. The minimum atomic E-state index is 0.299. The number of hydrogen-bond acceptors (Lipinski definition) is 5. The van der Waals surface area contributed by atoms with Gasteiger partial charge < -0.3 is 9.73 Å². The van der Waals surface area contributed by atoms with Gasteiger partial charge in [0.2, 0.25) is 5.82 Å². The van der Waals surface area contributed by atoms with Crippen molar-refractivity contribution < 1.29 is 4.42 Å². The summed E-state index contributed by atoms with van der Waals surface area (Å²) in [6, 6.07) is 10.4. The van der Waals surface area contributed by atoms with E-state index in [9.17, 15) is 0 Å². The van der Waals surface area contributed by atoms with E-state index in [4.69, 9.17) is 4.42 Å². The quantitative estimate of drug-likeness (QED) is 0.771. The van der Waals surface area contributed by atoms with Crippen molar-refractivity contribution in [3.05, 3.63) is 47.9 Å². The molecule has 2 N–H and O–H groups in total. The van der Waals surface area contributed by atoms with E-state index >= 15 is 0 Å². The van der Waals surface area contributed by atoms with E-state index in [0.717, 1.165) is 36.3 Å². The zero-order valence-corrected chi connectivity index (χ0v) is 11.4. The van der Waals surface area contributed by atoms with Crippen molar-refractivity contribution in [3.63, 3.8) is 0 Å². The molecule has 0 amide bonds. The number of furan rings is 1. The van der Waals surface area contributed by atoms with Crippen molar-refractivity contribution in [2.24, 2.45) is 0 Å². The number of nitrogens with one attached hydrogen (secondary N) is 2. The average molecular weight is 281 g/mol. The van der Waals surface area contributed by atoms with E-state index in [1.165, 1.54) is 5.56 Å². The number of aryl methyl sites for hydroxylation is 1. The summed E-state index contributed by atoms with van der Waals surface area (Å²) in [6.07, 6.45) is 5.06. The topological polar surface area (TPSA) is 79.6 Å². The van der Waals surface area contributed by atoms with Gasteiger partial charge in [-0.1, -0.05) is 12.1 Å². The fraction of sp³-hybridized carbons (Fsp3) is 0.267. The highest BCUT2D eigenvalue weighted by Gasteiger charge is 2.22. The standard InChI is InChI=1S/C15H15N5O/c1-3-10(15-17-19-20-18-15)9-11(4-1)16-13-5-2-6-14-12(13)7-8-21-14/h1,3-4,7-9,13,16H,2,5-6H2,(H,17,18,19,20). The molecule has 0 bridgehead atoms. The van der Waals surface area contributed by atoms with Crippen LogP contribution in [0, 0.1) is 0 Å². The molecule has 0 spiro atoms. The van der Waals surface area contributed by atoms with Gasteiger partial charge in [0.1, 0.15) is 5.76 Å². The third kappa shape index (κ3) is 2.29. The van der Waals surface area contributed by atoms with Gasteiger partial charge in [-0.25, -0.2) is 0 Å². The number of rotatable bonds is 3. The first kappa shape index (κ1) is 12.1. The second-order valence-corrected chi connectivity index (χ2v) is 5.20. The first-order valence-corrected chi connectivity index (χ1v) is 7.07. The van der Waals surface area contributed by atoms with Crippen LogP contribution in [0.2, 0.25) is 0 Å². The summed E-state index contributed by atoms with van der Waals surface area (Å²) in [5, 5.41) is 17.7. The second-order valence-electron chi connectivity index (χ2n) is 5.20. The van der Waals surface area contributed by atoms with E-state index in [1.807, 2.05) is 18.2 Å². The van der Waals surface area contributed by atoms with Gasteiger partial charge in [0, 0.05) is 23.2 Å². The van der Waals surface area contributed by atoms with E-state index in [0.29, 0.717) is 11.9 Å². The van der Waals surface area contributed by atoms with Crippen LogP contribution in [0.3, 0.4) is 0 Å². The van der Waals surface area contributed by atoms with Crippen molar-refractivity contribution in [1.29, 1.82) is 0 Å². The highest BCUT2D eigenvalue weighted by molar-refractivity contribution is 5.62. The molecule has 0 fully saturated rings. The van der Waals surface area contributed by atoms with Gasteiger partial charge >= 0.3 is 0 Å². The summed E-state index contributed by atoms with van der Waals surface area (Å²) in [5.41, 5.74) is 3.26. The summed E-state index contributed by atoms with van der Waals surface area (Å²) in [7, 11) is 0. The Morgan fingerprint density at radius 2 is 2.29 bits per heavy atom. The van der Waals surface area contributed by atoms with Gasteiger partial charge in [0.25, 0.3) is 0 Å². The monoisotopic (exact) mass is 281 g/mol. The predicted octanol–water partition coefficient (Wildman–Crippen LogP) is 2.95. The minimum Gasteiger partial charge on any atom is -0.469 e. The molecule has 106 valence electrons. The molecule has 6 heteroatoms. The molecule has 2 heterocycles. The molecule has 0 aliphatic heterocycles. The van der Waals surface area contributed by atoms with Gasteiger partial charge in [-0.15, -0.1) is 10.2 Å². The number of aromatic amines is 1. The fourth-order valence-electron chi connectivity index (χ4n) is 2.87. The van der Waals surface area contributed by atoms with Crippen LogP contribution < -0.4 is 5.32 Å². The number of H-pyrrole nitrogens is 1. The lowest BCUT2D eigenvalue weighted by atomic mass is 9.93. The Kier molecular flexibility index (Phi) is 2.92. The Bertz CT molecular complexity index is 734. The van der Waals surface area contributed by atoms with Crippen molar-refractivity contribution in [2.75, 3.05) is 5.32 Å². The zero-order valence-electron chi connectivity index (χ0n) is 11.4. The van der Waals surface area contributed by atoms with Crippen LogP contribution in [0.25, 0.3) is 11.4 Å². The van der Waals surface area contributed by atoms with E-state index in [1.54, 1.807) is 6.26 Å². The third-order valence-electron chi connectivity index (χ3n) is 3.86. The normalized spacial score (nSPS) is 17.4. The molecule has 4 rings (SSSR count). The Morgan fingerprint density at radius 3 is 3.19 bits per heavy atom. The molecule has 21 heavy (non-hydrogen) atoms. The Morgan fingerprint density at radius 1 is 1.29 bits per heavy atom. The molecule has 2 aromatic heterocycles. The van der Waals surface area contributed by atoms with Crippen LogP contribution in [0.5, 0.6) is 0 Å². The lowest BCUT2D eigenvalue weighted by Gasteiger charge is -2.24. The van der Waals surface area contributed by atoms with Crippen LogP contribution in [-0.4, -0.2) is 20.6 Å². The third-order valence-corrected chi connectivity index (χ3v) is 3.86. The van der Waals surface area contributed by atoms with Crippen molar-refractivity contribution in [2.45, 2.75) is 25.3 Å². The van der Waals surface area contributed by atoms with Crippen molar-refractivity contribution in [1.82, 2.24) is 20.6 Å². The van der Waals surface area contributed by atoms with E-state index in [2.05, 4.69) is 38.1 Å². The Labute approximate surface area is 121 Å². The Balaban J connectivity index is 1.60. The van der Waals surface area contributed by atoms with Gasteiger partial charge in [-0.3, -0.25) is 0 Å². The minimum absolute atomic E-state index is 0.299. The van der Waals surface area contributed by atoms with Crippen LogP contribution in [-0.2, 0) is 6.42 Å². The van der Waals surface area contributed by atoms with Crippen molar-refractivity contribution in [3.8, 4) is 11.4 Å². The molecule has 1 aliphatic rings. The Hall–Kier alpha value is -2.63. The van der Waals surface area contributed by atoms with E-state index < -0.39 is 0 Å². The summed E-state index contributed by atoms with van der Waals surface area (Å²) < 4.78 is 5.53. The molecular formula is C15H15N5O. The van der Waals surface area contributed by atoms with Gasteiger partial charge in [-0.2, -0.15) is 5.21 Å². The van der Waals surface area contributed by atoms with Gasteiger partial charge in [0.15, 0.2) is 0 Å². The van der Waals surface area contributed by atoms with Crippen molar-refractivity contribution >= 4 is 5.69 Å². The molecular weight excluding hydrogens is 266 g/mol. The number of nitrogens with zero attached hydrogens (tertiary/aromatic N) is 3. The first-order chi connectivity index (χ1) is 10.4. The smallest absolute Gasteiger partial charge is 0.204 e. The molecule has 1 aliphatic carbocycles. The summed E-state index contributed by atoms with van der Waals surface area (Å²) in [6.45, 7) is 0. The fourth-order valence-corrected chi connectivity index (χ4v) is 2.87. The lowest BCUT2D eigenvalue weighted by molar-refractivity contribution is 0.461. The molecule has 0 saturated carbocycles. The average Bonchev–Trinajstić information content (AvgIpc) is 3.20. The molecule has 3 aromatic rings. The zero-order chi connectivity index (χ0) is 14.1. The molecule has 1 aromatic carbocycles. The number of benzene rings is 1. The molecule has 1 unspecified atom stereocenters. The summed E-state index contributed by atoms with van der Waals surface area (Å²) in [4.78, 5) is 0. The van der Waals surface area contributed by atoms with Gasteiger partial charge in [-0.05, 0) is 36.3 Å². The molecule has 0 saturated heterocycles. The number of hydrogen-bond donors (Lipinski definition) is 2. The summed E-state index contributed by atoms with van der Waals surface area (Å²) in [5.74, 6) is 1.71. The summed E-state index contributed by atoms with van der Waals surface area (Å²) >= 11 is 0. The lowest BCUT2D eigenvalue weighted by Crippen LogP contribution is -2.15. The van der Waals surface area contributed by atoms with Crippen LogP contribution >= 0.6 is 0 Å². The van der Waals surface area contributed by atoms with E-state index in [-0.39, 0.29) is 0 Å². The largest absolute Gasteiger partial charge is 0.469 e. The number of anilines is 1. The maximum absolute atomic E-state index is 5.53. The maximum Gasteiger partial charge on any atom is 0.204 e. The number of fused-ring (bicyclic) bond motifs is 1. The number of tetrazole rings is 1. The molecule has 0 radical (unpaired) electrons. The first-order valence-electron chi connectivity index (χ1n) is 7.07. The predicted molar refractivity (Wildman–Crippen MR) is 77.6 cm³/mol. The van der Waals surface area contributed by atoms with Gasteiger partial charge in [0.05, 0.1) is 12.3 Å². The van der Waals surface area contributed by atoms with Crippen LogP contribution in [0.15, 0.2) is 41.0 Å². The second kappa shape index (κ2) is 5.05. The highest BCUT2D eigenvalue weighted by Crippen LogP contribution is 2.33. The molecule has 1 atom stereocenters. The SMILES string of the molecule is c1cc(NC2CCCc3occc32)cc(-c2nn[nH]n2)c1. The molecule has 6 nitrogen and oxygen atoms in total. The highest BCUT2D eigenvalue weighted by atomic mass is 16.3. The van der Waals surface area contributed by atoms with Crippen LogP contribution in [0.1, 0.15) is 30.2 Å². The maximum atomic E-state index is 5.53. The van der Waals surface area contributed by atoms with Crippen LogP contribution in [0.4, 0.5) is 5.69 Å².